The highest BCUT2D eigenvalue weighted by Crippen LogP contribution is 2.29. The summed E-state index contributed by atoms with van der Waals surface area (Å²) < 4.78 is 34.3. The average molecular weight is 322 g/mol. The fraction of sp³-hybridized carbons (Fsp3) is 0.333. The number of ether oxygens (including phenoxy) is 1. The third-order valence-electron chi connectivity index (χ3n) is 3.78. The van der Waals surface area contributed by atoms with Crippen LogP contribution in [0.5, 0.6) is 5.88 Å². The molecule has 1 aromatic heterocycles. The number of rotatable bonds is 4. The number of anilines is 2. The number of aromatic nitrogens is 2. The van der Waals surface area contributed by atoms with Crippen molar-refractivity contribution < 1.29 is 18.3 Å². The Hall–Kier alpha value is -2.64. The Kier molecular flexibility index (Phi) is 3.89. The molecule has 1 fully saturated rings. The monoisotopic (exact) mass is 322 g/mol. The Labute approximate surface area is 131 Å². The number of carbonyl (C=O) groups excluding carboxylic acids is 1. The number of benzene rings is 1. The van der Waals surface area contributed by atoms with E-state index in [1.54, 1.807) is 13.1 Å². The van der Waals surface area contributed by atoms with E-state index in [2.05, 4.69) is 10.4 Å². The number of hydrogen-bond donors (Lipinski definition) is 1. The van der Waals surface area contributed by atoms with E-state index in [9.17, 15) is 13.6 Å². The molecule has 0 radical (unpaired) electrons. The number of carbonyl (C=O) groups is 1. The maximum atomic E-state index is 13.8. The highest BCUT2D eigenvalue weighted by atomic mass is 19.1. The predicted molar refractivity (Wildman–Crippen MR) is 80.5 cm³/mol. The first kappa shape index (κ1) is 15.3. The number of para-hydroxylation sites is 1. The van der Waals surface area contributed by atoms with Crippen LogP contribution in [0, 0.1) is 11.6 Å². The van der Waals surface area contributed by atoms with Crippen LogP contribution in [-0.2, 0) is 11.8 Å². The van der Waals surface area contributed by atoms with Crippen LogP contribution in [0.2, 0.25) is 0 Å². The molecule has 1 aromatic carbocycles. The van der Waals surface area contributed by atoms with Gasteiger partial charge in [0.2, 0.25) is 11.8 Å². The van der Waals surface area contributed by atoms with Gasteiger partial charge in [-0.1, -0.05) is 6.07 Å². The fourth-order valence-corrected chi connectivity index (χ4v) is 2.67. The molecule has 1 unspecified atom stereocenters. The molecule has 1 aliphatic heterocycles. The summed E-state index contributed by atoms with van der Waals surface area (Å²) in [6, 6.07) is 4.60. The minimum absolute atomic E-state index is 0.234. The summed E-state index contributed by atoms with van der Waals surface area (Å²) in [7, 11) is 3.23. The third-order valence-corrected chi connectivity index (χ3v) is 3.78. The lowest BCUT2D eigenvalue weighted by molar-refractivity contribution is -0.117. The van der Waals surface area contributed by atoms with E-state index in [4.69, 9.17) is 4.74 Å². The average Bonchev–Trinajstić information content (AvgIpc) is 3.04. The van der Waals surface area contributed by atoms with Crippen molar-refractivity contribution in [3.8, 4) is 5.88 Å². The first-order valence-corrected chi connectivity index (χ1v) is 7.11. The normalized spacial score (nSPS) is 17.7. The molecule has 0 bridgehead atoms. The highest BCUT2D eigenvalue weighted by Gasteiger charge is 2.35. The zero-order valence-electron chi connectivity index (χ0n) is 12.7. The van der Waals surface area contributed by atoms with Crippen LogP contribution in [-0.4, -0.2) is 35.4 Å². The van der Waals surface area contributed by atoms with Crippen molar-refractivity contribution in [1.82, 2.24) is 9.78 Å². The van der Waals surface area contributed by atoms with E-state index in [-0.39, 0.29) is 12.2 Å². The quantitative estimate of drug-likeness (QED) is 0.934. The van der Waals surface area contributed by atoms with Gasteiger partial charge < -0.3 is 15.0 Å². The van der Waals surface area contributed by atoms with E-state index in [0.29, 0.717) is 18.1 Å². The molecular weight excluding hydrogens is 306 g/mol. The minimum atomic E-state index is -0.751. The zero-order valence-corrected chi connectivity index (χ0v) is 12.7. The van der Waals surface area contributed by atoms with Crippen molar-refractivity contribution in [2.45, 2.75) is 12.5 Å². The van der Waals surface area contributed by atoms with Crippen LogP contribution in [0.15, 0.2) is 24.3 Å². The summed E-state index contributed by atoms with van der Waals surface area (Å²) in [6.07, 6.45) is 0.422. The maximum Gasteiger partial charge on any atom is 0.249 e. The smallest absolute Gasteiger partial charge is 0.249 e. The van der Waals surface area contributed by atoms with Gasteiger partial charge in [0.15, 0.2) is 5.82 Å². The van der Waals surface area contributed by atoms with Gasteiger partial charge in [0.1, 0.15) is 23.4 Å². The molecule has 1 amide bonds. The van der Waals surface area contributed by atoms with Crippen LogP contribution in [0.1, 0.15) is 6.42 Å². The zero-order chi connectivity index (χ0) is 16.6. The van der Waals surface area contributed by atoms with Gasteiger partial charge >= 0.3 is 0 Å². The van der Waals surface area contributed by atoms with Crippen molar-refractivity contribution in [1.29, 1.82) is 0 Å². The van der Waals surface area contributed by atoms with Crippen LogP contribution in [0.25, 0.3) is 0 Å². The molecular formula is C15H16F2N4O2. The summed E-state index contributed by atoms with van der Waals surface area (Å²) >= 11 is 0. The van der Waals surface area contributed by atoms with E-state index < -0.39 is 23.6 Å². The largest absolute Gasteiger partial charge is 0.481 e. The first-order valence-electron chi connectivity index (χ1n) is 7.11. The summed E-state index contributed by atoms with van der Waals surface area (Å²) in [6.45, 7) is 0.234. The molecule has 8 heteroatoms. The van der Waals surface area contributed by atoms with E-state index >= 15 is 0 Å². The number of nitrogens with one attached hydrogen (secondary N) is 1. The molecule has 0 saturated carbocycles. The Morgan fingerprint density at radius 3 is 2.65 bits per heavy atom. The lowest BCUT2D eigenvalue weighted by atomic mass is 10.2. The van der Waals surface area contributed by atoms with Gasteiger partial charge in [-0.25, -0.2) is 13.5 Å². The number of hydrogen-bond acceptors (Lipinski definition) is 4. The molecule has 1 atom stereocenters. The maximum absolute atomic E-state index is 13.8. The van der Waals surface area contributed by atoms with Crippen LogP contribution in [0.3, 0.4) is 0 Å². The second-order valence-corrected chi connectivity index (χ2v) is 5.24. The molecule has 2 aromatic rings. The van der Waals surface area contributed by atoms with Crippen molar-refractivity contribution in [3.63, 3.8) is 0 Å². The van der Waals surface area contributed by atoms with Crippen molar-refractivity contribution >= 4 is 17.4 Å². The molecule has 6 nitrogen and oxygen atoms in total. The summed E-state index contributed by atoms with van der Waals surface area (Å²) in [5.74, 6) is -0.885. The van der Waals surface area contributed by atoms with Crippen LogP contribution >= 0.6 is 0 Å². The summed E-state index contributed by atoms with van der Waals surface area (Å²) in [4.78, 5) is 13.6. The lowest BCUT2D eigenvalue weighted by Crippen LogP contribution is -2.34. The fourth-order valence-electron chi connectivity index (χ4n) is 2.67. The number of nitrogens with zero attached hydrogens (tertiary/aromatic N) is 3. The van der Waals surface area contributed by atoms with E-state index in [1.807, 2.05) is 0 Å². The predicted octanol–water partition coefficient (Wildman–Crippen LogP) is 1.92. The number of aryl methyl sites for hydroxylation is 1. The highest BCUT2D eigenvalue weighted by molar-refractivity contribution is 6.01. The van der Waals surface area contributed by atoms with Gasteiger partial charge in [-0.2, -0.15) is 5.10 Å². The SMILES string of the molecule is COc1cc(NC2CCN(c3c(F)cccc3F)C2=O)nn1C. The topological polar surface area (TPSA) is 59.4 Å². The van der Waals surface area contributed by atoms with Gasteiger partial charge in [0.05, 0.1) is 7.11 Å². The number of methoxy groups -OCH3 is 1. The molecule has 2 heterocycles. The molecule has 0 aliphatic carbocycles. The molecule has 23 heavy (non-hydrogen) atoms. The van der Waals surface area contributed by atoms with Crippen LogP contribution < -0.4 is 15.0 Å². The number of halogens is 2. The number of amides is 1. The molecule has 0 spiro atoms. The second kappa shape index (κ2) is 5.86. The minimum Gasteiger partial charge on any atom is -0.481 e. The Balaban J connectivity index is 1.79. The van der Waals surface area contributed by atoms with Gasteiger partial charge in [-0.15, -0.1) is 0 Å². The van der Waals surface area contributed by atoms with Crippen molar-refractivity contribution in [3.05, 3.63) is 35.9 Å². The molecule has 1 aliphatic rings. The van der Waals surface area contributed by atoms with Crippen molar-refractivity contribution in [2.75, 3.05) is 23.9 Å². The van der Waals surface area contributed by atoms with E-state index in [0.717, 1.165) is 17.0 Å². The first-order chi connectivity index (χ1) is 11.0. The van der Waals surface area contributed by atoms with Gasteiger partial charge in [-0.05, 0) is 18.6 Å². The summed E-state index contributed by atoms with van der Waals surface area (Å²) in [5, 5.41) is 7.15. The lowest BCUT2D eigenvalue weighted by Gasteiger charge is -2.18. The Morgan fingerprint density at radius 1 is 1.35 bits per heavy atom. The molecule has 1 N–H and O–H groups in total. The van der Waals surface area contributed by atoms with Crippen LogP contribution in [0.4, 0.5) is 20.3 Å². The standard InChI is InChI=1S/C15H16F2N4O2/c1-20-13(23-2)8-12(19-20)18-11-6-7-21(15(11)22)14-9(16)4-3-5-10(14)17/h3-5,8,11H,6-7H2,1-2H3,(H,18,19). The summed E-state index contributed by atoms with van der Waals surface area (Å²) in [5.41, 5.74) is -0.305. The van der Waals surface area contributed by atoms with E-state index in [1.165, 1.54) is 17.9 Å². The van der Waals surface area contributed by atoms with Crippen molar-refractivity contribution in [2.24, 2.45) is 7.05 Å². The second-order valence-electron chi connectivity index (χ2n) is 5.24. The Bertz CT molecular complexity index is 727. The van der Waals surface area contributed by atoms with Gasteiger partial charge in [0.25, 0.3) is 0 Å². The van der Waals surface area contributed by atoms with Gasteiger partial charge in [0, 0.05) is 19.7 Å². The molecule has 122 valence electrons. The Morgan fingerprint density at radius 2 is 2.04 bits per heavy atom. The third kappa shape index (κ3) is 2.71. The molecule has 3 rings (SSSR count). The molecule has 1 saturated heterocycles. The van der Waals surface area contributed by atoms with Gasteiger partial charge in [-0.3, -0.25) is 4.79 Å².